The van der Waals surface area contributed by atoms with Gasteiger partial charge in [-0.15, -0.1) is 0 Å². The number of amides is 1. The second kappa shape index (κ2) is 6.33. The fourth-order valence-corrected chi connectivity index (χ4v) is 3.67. The Morgan fingerprint density at radius 3 is 2.30 bits per heavy atom. The van der Waals surface area contributed by atoms with Crippen molar-refractivity contribution in [3.05, 3.63) is 0 Å². The Kier molecular flexibility index (Phi) is 4.95. The van der Waals surface area contributed by atoms with E-state index in [1.165, 1.54) is 32.1 Å². The third-order valence-electron chi connectivity index (χ3n) is 4.63. The minimum absolute atomic E-state index is 0.0476. The van der Waals surface area contributed by atoms with Crippen LogP contribution >= 0.6 is 0 Å². The van der Waals surface area contributed by atoms with Crippen LogP contribution in [0.25, 0.3) is 0 Å². The van der Waals surface area contributed by atoms with E-state index in [2.05, 4.69) is 10.6 Å². The lowest BCUT2D eigenvalue weighted by molar-refractivity contribution is 0.0325. The highest BCUT2D eigenvalue weighted by atomic mass is 16.6. The summed E-state index contributed by atoms with van der Waals surface area (Å²) in [6.07, 6.45) is 8.24. The van der Waals surface area contributed by atoms with E-state index in [9.17, 15) is 4.79 Å². The summed E-state index contributed by atoms with van der Waals surface area (Å²) in [5.74, 6) is 0.617. The van der Waals surface area contributed by atoms with Gasteiger partial charge in [-0.1, -0.05) is 19.3 Å². The average Bonchev–Trinajstić information content (AvgIpc) is 2.38. The van der Waals surface area contributed by atoms with Crippen molar-refractivity contribution in [2.24, 2.45) is 5.92 Å². The van der Waals surface area contributed by atoms with Crippen molar-refractivity contribution in [1.29, 1.82) is 0 Å². The zero-order valence-corrected chi connectivity index (χ0v) is 13.3. The molecule has 2 N–H and O–H groups in total. The molecule has 0 aromatic heterocycles. The first-order valence-electron chi connectivity index (χ1n) is 8.13. The molecule has 1 amide bonds. The van der Waals surface area contributed by atoms with Crippen molar-refractivity contribution < 1.29 is 9.53 Å². The summed E-state index contributed by atoms with van der Waals surface area (Å²) in [4.78, 5) is 12.2. The molecule has 4 nitrogen and oxygen atoms in total. The number of carbonyl (C=O) groups excluding carboxylic acids is 1. The number of piperidine rings is 1. The highest BCUT2D eigenvalue weighted by Crippen LogP contribution is 2.38. The Hall–Kier alpha value is -0.770. The van der Waals surface area contributed by atoms with Crippen LogP contribution in [0.3, 0.4) is 0 Å². The molecule has 0 bridgehead atoms. The number of hydrogen-bond acceptors (Lipinski definition) is 3. The Bertz CT molecular complexity index is 324. The molecule has 116 valence electrons. The lowest BCUT2D eigenvalue weighted by atomic mass is 9.70. The van der Waals surface area contributed by atoms with E-state index >= 15 is 0 Å². The molecule has 0 spiro atoms. The van der Waals surface area contributed by atoms with Crippen molar-refractivity contribution in [2.75, 3.05) is 13.1 Å². The van der Waals surface area contributed by atoms with Gasteiger partial charge in [0.25, 0.3) is 0 Å². The Balaban J connectivity index is 2.04. The standard InChI is InChI=1S/C16H30N2O2/c1-15(2,3)20-14(19)18-16(9-11-17-12-10-16)13-7-5-4-6-8-13/h13,17H,4-12H2,1-3H3,(H,18,19). The maximum absolute atomic E-state index is 12.2. The molecule has 2 aliphatic rings. The molecule has 2 rings (SSSR count). The van der Waals surface area contributed by atoms with Crippen LogP contribution in [0.5, 0.6) is 0 Å². The van der Waals surface area contributed by atoms with Crippen LogP contribution in [0.4, 0.5) is 4.79 Å². The maximum atomic E-state index is 12.2. The maximum Gasteiger partial charge on any atom is 0.408 e. The van der Waals surface area contributed by atoms with Gasteiger partial charge >= 0.3 is 6.09 Å². The van der Waals surface area contributed by atoms with Gasteiger partial charge in [0.2, 0.25) is 0 Å². The van der Waals surface area contributed by atoms with Crippen molar-refractivity contribution in [1.82, 2.24) is 10.6 Å². The Morgan fingerprint density at radius 2 is 1.75 bits per heavy atom. The molecule has 4 heteroatoms. The minimum Gasteiger partial charge on any atom is -0.444 e. The van der Waals surface area contributed by atoms with Gasteiger partial charge < -0.3 is 15.4 Å². The smallest absolute Gasteiger partial charge is 0.408 e. The van der Waals surface area contributed by atoms with Crippen molar-refractivity contribution >= 4 is 6.09 Å². The summed E-state index contributed by atoms with van der Waals surface area (Å²) < 4.78 is 5.49. The molecule has 0 aromatic carbocycles. The van der Waals surface area contributed by atoms with Crippen LogP contribution < -0.4 is 10.6 Å². The van der Waals surface area contributed by atoms with Gasteiger partial charge in [0, 0.05) is 5.54 Å². The van der Waals surface area contributed by atoms with Gasteiger partial charge in [-0.05, 0) is 65.5 Å². The first-order chi connectivity index (χ1) is 9.41. The van der Waals surface area contributed by atoms with Crippen LogP contribution in [-0.2, 0) is 4.74 Å². The second-order valence-corrected chi connectivity index (χ2v) is 7.37. The fourth-order valence-electron chi connectivity index (χ4n) is 3.67. The zero-order chi connectivity index (χ0) is 14.6. The van der Waals surface area contributed by atoms with E-state index in [0.717, 1.165) is 25.9 Å². The lowest BCUT2D eigenvalue weighted by Crippen LogP contribution is -2.59. The van der Waals surface area contributed by atoms with Crippen LogP contribution in [0.2, 0.25) is 0 Å². The van der Waals surface area contributed by atoms with Gasteiger partial charge in [-0.2, -0.15) is 0 Å². The summed E-state index contributed by atoms with van der Waals surface area (Å²) in [6, 6.07) is 0. The normalized spacial score (nSPS) is 24.1. The minimum atomic E-state index is -0.426. The molecular formula is C16H30N2O2. The molecule has 0 unspecified atom stereocenters. The molecular weight excluding hydrogens is 252 g/mol. The van der Waals surface area contributed by atoms with E-state index < -0.39 is 5.60 Å². The number of alkyl carbamates (subject to hydrolysis) is 1. The third-order valence-corrected chi connectivity index (χ3v) is 4.63. The Labute approximate surface area is 123 Å². The molecule has 20 heavy (non-hydrogen) atoms. The van der Waals surface area contributed by atoms with E-state index in [0.29, 0.717) is 5.92 Å². The van der Waals surface area contributed by atoms with E-state index in [4.69, 9.17) is 4.74 Å². The molecule has 1 heterocycles. The number of rotatable bonds is 2. The first kappa shape index (κ1) is 15.6. The summed E-state index contributed by atoms with van der Waals surface area (Å²) in [5, 5.41) is 6.67. The first-order valence-corrected chi connectivity index (χ1v) is 8.13. The SMILES string of the molecule is CC(C)(C)OC(=O)NC1(C2CCCCC2)CCNCC1. The van der Waals surface area contributed by atoms with Crippen LogP contribution in [0.1, 0.15) is 65.7 Å². The Morgan fingerprint density at radius 1 is 1.15 bits per heavy atom. The number of ether oxygens (including phenoxy) is 1. The van der Waals surface area contributed by atoms with Crippen molar-refractivity contribution in [3.63, 3.8) is 0 Å². The van der Waals surface area contributed by atoms with Crippen LogP contribution in [0, 0.1) is 5.92 Å². The highest BCUT2D eigenvalue weighted by molar-refractivity contribution is 5.69. The molecule has 1 aliphatic carbocycles. The monoisotopic (exact) mass is 282 g/mol. The van der Waals surface area contributed by atoms with Crippen LogP contribution in [0.15, 0.2) is 0 Å². The number of hydrogen-bond donors (Lipinski definition) is 2. The predicted molar refractivity (Wildman–Crippen MR) is 80.8 cm³/mol. The van der Waals surface area contributed by atoms with Gasteiger partial charge in [-0.25, -0.2) is 4.79 Å². The molecule has 0 radical (unpaired) electrons. The molecule has 1 saturated carbocycles. The van der Waals surface area contributed by atoms with Gasteiger partial charge in [0.15, 0.2) is 0 Å². The topological polar surface area (TPSA) is 50.4 Å². The van der Waals surface area contributed by atoms with E-state index in [1.807, 2.05) is 20.8 Å². The lowest BCUT2D eigenvalue weighted by Gasteiger charge is -2.46. The van der Waals surface area contributed by atoms with Crippen molar-refractivity contribution in [3.8, 4) is 0 Å². The van der Waals surface area contributed by atoms with E-state index in [1.54, 1.807) is 0 Å². The fraction of sp³-hybridized carbons (Fsp3) is 0.938. The summed E-state index contributed by atoms with van der Waals surface area (Å²) in [5.41, 5.74) is -0.473. The van der Waals surface area contributed by atoms with Gasteiger partial charge in [0.05, 0.1) is 0 Å². The zero-order valence-electron chi connectivity index (χ0n) is 13.3. The molecule has 1 aliphatic heterocycles. The predicted octanol–water partition coefficient (Wildman–Crippen LogP) is 3.21. The third kappa shape index (κ3) is 4.11. The summed E-state index contributed by atoms with van der Waals surface area (Å²) in [7, 11) is 0. The molecule has 2 fully saturated rings. The molecule has 0 atom stereocenters. The van der Waals surface area contributed by atoms with Crippen molar-refractivity contribution in [2.45, 2.75) is 76.9 Å². The highest BCUT2D eigenvalue weighted by Gasteiger charge is 2.42. The molecule has 1 saturated heterocycles. The average molecular weight is 282 g/mol. The number of carbonyl (C=O) groups is 1. The second-order valence-electron chi connectivity index (χ2n) is 7.37. The van der Waals surface area contributed by atoms with Gasteiger partial charge in [-0.3, -0.25) is 0 Å². The summed E-state index contributed by atoms with van der Waals surface area (Å²) >= 11 is 0. The summed E-state index contributed by atoms with van der Waals surface area (Å²) in [6.45, 7) is 7.74. The largest absolute Gasteiger partial charge is 0.444 e. The van der Waals surface area contributed by atoms with Crippen LogP contribution in [-0.4, -0.2) is 30.3 Å². The van der Waals surface area contributed by atoms with E-state index in [-0.39, 0.29) is 11.6 Å². The quantitative estimate of drug-likeness (QED) is 0.817. The molecule has 0 aromatic rings. The van der Waals surface area contributed by atoms with Gasteiger partial charge in [0.1, 0.15) is 5.60 Å². The number of nitrogens with one attached hydrogen (secondary N) is 2.